The summed E-state index contributed by atoms with van der Waals surface area (Å²) < 4.78 is 33.9. The van der Waals surface area contributed by atoms with Crippen LogP contribution in [-0.4, -0.2) is 41.9 Å². The van der Waals surface area contributed by atoms with Crippen LogP contribution in [0.25, 0.3) is 10.7 Å². The highest BCUT2D eigenvalue weighted by Gasteiger charge is 2.35. The molecule has 2 aliphatic rings. The summed E-state index contributed by atoms with van der Waals surface area (Å²) in [6.07, 6.45) is 4.57. The number of sulfonamides is 1. The van der Waals surface area contributed by atoms with E-state index in [1.165, 1.54) is 22.1 Å². The molecule has 1 saturated carbocycles. The van der Waals surface area contributed by atoms with Crippen LogP contribution >= 0.6 is 11.3 Å². The molecule has 5 rings (SSSR count). The van der Waals surface area contributed by atoms with Gasteiger partial charge in [-0.05, 0) is 57.2 Å². The van der Waals surface area contributed by atoms with Crippen LogP contribution in [0.5, 0.6) is 0 Å². The number of aromatic nitrogens is 2. The van der Waals surface area contributed by atoms with E-state index >= 15 is 0 Å². The van der Waals surface area contributed by atoms with Crippen LogP contribution < -0.4 is 5.32 Å². The number of hydrogen-bond donors (Lipinski definition) is 1. The first-order chi connectivity index (χ1) is 16.3. The highest BCUT2D eigenvalue weighted by molar-refractivity contribution is 7.89. The number of hydrogen-bond acceptors (Lipinski definition) is 7. The quantitative estimate of drug-likeness (QED) is 0.525. The molecule has 3 heterocycles. The van der Waals surface area contributed by atoms with Crippen molar-refractivity contribution in [1.29, 1.82) is 0 Å². The fourth-order valence-corrected chi connectivity index (χ4v) is 7.46. The van der Waals surface area contributed by atoms with Gasteiger partial charge in [0, 0.05) is 29.6 Å². The second-order valence-electron chi connectivity index (χ2n) is 9.12. The van der Waals surface area contributed by atoms with Crippen LogP contribution in [0.4, 0.5) is 5.69 Å². The smallest absolute Gasteiger partial charge is 0.244 e. The molecule has 0 radical (unpaired) electrons. The van der Waals surface area contributed by atoms with Gasteiger partial charge in [0.2, 0.25) is 27.6 Å². The number of nitrogens with zero attached hydrogens (tertiary/aromatic N) is 3. The molecule has 0 unspecified atom stereocenters. The van der Waals surface area contributed by atoms with Crippen molar-refractivity contribution < 1.29 is 17.7 Å². The predicted molar refractivity (Wildman–Crippen MR) is 130 cm³/mol. The summed E-state index contributed by atoms with van der Waals surface area (Å²) >= 11 is 1.35. The third-order valence-electron chi connectivity index (χ3n) is 6.76. The molecule has 1 aliphatic carbocycles. The minimum atomic E-state index is -3.75. The molecular formula is C24H28N4O4S2. The van der Waals surface area contributed by atoms with Crippen LogP contribution in [0, 0.1) is 19.8 Å². The average Bonchev–Trinajstić information content (AvgIpc) is 3.41. The molecule has 1 atom stereocenters. The van der Waals surface area contributed by atoms with Crippen LogP contribution in [0.3, 0.4) is 0 Å². The van der Waals surface area contributed by atoms with E-state index in [2.05, 4.69) is 15.5 Å². The van der Waals surface area contributed by atoms with E-state index in [4.69, 9.17) is 4.52 Å². The summed E-state index contributed by atoms with van der Waals surface area (Å²) in [5.74, 6) is 0.846. The number of rotatable bonds is 6. The van der Waals surface area contributed by atoms with Gasteiger partial charge in [-0.3, -0.25) is 4.79 Å². The lowest BCUT2D eigenvalue weighted by molar-refractivity contribution is -0.120. The first-order valence-corrected chi connectivity index (χ1v) is 13.9. The highest BCUT2D eigenvalue weighted by atomic mass is 32.2. The standard InChI is InChI=1S/C24H28N4O4S2/c1-15-7-3-4-11-19(15)25-23(29)18-10-6-12-28(14-18)34(30,31)21-13-20(33-16(21)2)22-26-24(32-27-22)17-8-5-9-17/h3-4,7,11,13,17-18H,5-6,8-10,12,14H2,1-2H3,(H,25,29)/t18-/m0/s1. The monoisotopic (exact) mass is 500 g/mol. The number of nitrogens with one attached hydrogen (secondary N) is 1. The Morgan fingerprint density at radius 1 is 1.18 bits per heavy atom. The Hall–Kier alpha value is -2.56. The van der Waals surface area contributed by atoms with Gasteiger partial charge in [0.1, 0.15) is 0 Å². The molecule has 180 valence electrons. The lowest BCUT2D eigenvalue weighted by atomic mass is 9.85. The minimum Gasteiger partial charge on any atom is -0.339 e. The second kappa shape index (κ2) is 9.24. The lowest BCUT2D eigenvalue weighted by Gasteiger charge is -2.31. The van der Waals surface area contributed by atoms with Gasteiger partial charge in [-0.1, -0.05) is 29.8 Å². The zero-order valence-electron chi connectivity index (χ0n) is 19.3. The van der Waals surface area contributed by atoms with Gasteiger partial charge in [-0.15, -0.1) is 11.3 Å². The first-order valence-electron chi connectivity index (χ1n) is 11.6. The predicted octanol–water partition coefficient (Wildman–Crippen LogP) is 4.72. The number of thiophene rings is 1. The number of piperidine rings is 1. The van der Waals surface area contributed by atoms with Gasteiger partial charge in [-0.25, -0.2) is 8.42 Å². The Kier molecular flexibility index (Phi) is 6.30. The SMILES string of the molecule is Cc1ccccc1NC(=O)[C@H]1CCCN(S(=O)(=O)c2cc(-c3noc(C4CCC4)n3)sc2C)C1. The molecule has 34 heavy (non-hydrogen) atoms. The van der Waals surface area contributed by atoms with Crippen LogP contribution in [0.1, 0.15) is 54.4 Å². The minimum absolute atomic E-state index is 0.146. The van der Waals surface area contributed by atoms with Crippen LogP contribution in [-0.2, 0) is 14.8 Å². The Morgan fingerprint density at radius 3 is 2.71 bits per heavy atom. The molecule has 3 aromatic rings. The summed E-state index contributed by atoms with van der Waals surface area (Å²) in [5, 5.41) is 7.05. The summed E-state index contributed by atoms with van der Waals surface area (Å²) in [6, 6.07) is 9.22. The van der Waals surface area contributed by atoms with E-state index in [-0.39, 0.29) is 17.3 Å². The molecule has 1 N–H and O–H groups in total. The van der Waals surface area contributed by atoms with Gasteiger partial charge in [-0.2, -0.15) is 9.29 Å². The first kappa shape index (κ1) is 23.2. The molecule has 1 aromatic carbocycles. The van der Waals surface area contributed by atoms with E-state index in [0.717, 1.165) is 24.1 Å². The van der Waals surface area contributed by atoms with Gasteiger partial charge in [0.25, 0.3) is 0 Å². The summed E-state index contributed by atoms with van der Waals surface area (Å²) in [6.45, 7) is 4.29. The number of anilines is 1. The fourth-order valence-electron chi connectivity index (χ4n) is 4.45. The normalized spacial score (nSPS) is 19.6. The van der Waals surface area contributed by atoms with E-state index in [0.29, 0.717) is 46.8 Å². The van der Waals surface area contributed by atoms with Crippen LogP contribution in [0.2, 0.25) is 0 Å². The second-order valence-corrected chi connectivity index (χ2v) is 12.3. The van der Waals surface area contributed by atoms with Gasteiger partial charge < -0.3 is 9.84 Å². The fraction of sp³-hybridized carbons (Fsp3) is 0.458. The third-order valence-corrected chi connectivity index (χ3v) is 9.93. The molecule has 0 spiro atoms. The van der Waals surface area contributed by atoms with E-state index < -0.39 is 15.9 Å². The topological polar surface area (TPSA) is 105 Å². The highest BCUT2D eigenvalue weighted by Crippen LogP contribution is 2.38. The number of amides is 1. The summed E-state index contributed by atoms with van der Waals surface area (Å²) in [5.41, 5.74) is 1.73. The van der Waals surface area contributed by atoms with Crippen molar-refractivity contribution in [2.75, 3.05) is 18.4 Å². The average molecular weight is 501 g/mol. The Balaban J connectivity index is 1.32. The molecule has 2 fully saturated rings. The van der Waals surface area contributed by atoms with Crippen molar-refractivity contribution >= 4 is 33.0 Å². The summed E-state index contributed by atoms with van der Waals surface area (Å²) in [7, 11) is -3.75. The number of carbonyl (C=O) groups excluding carboxylic acids is 1. The number of para-hydroxylation sites is 1. The number of carbonyl (C=O) groups is 1. The van der Waals surface area contributed by atoms with Crippen LogP contribution in [0.15, 0.2) is 39.8 Å². The van der Waals surface area contributed by atoms with Crippen molar-refractivity contribution in [3.05, 3.63) is 46.7 Å². The third kappa shape index (κ3) is 4.42. The molecule has 1 amide bonds. The van der Waals surface area contributed by atoms with Crippen molar-refractivity contribution in [3.8, 4) is 10.7 Å². The van der Waals surface area contributed by atoms with Crippen molar-refractivity contribution in [2.45, 2.75) is 56.8 Å². The van der Waals surface area contributed by atoms with Crippen molar-refractivity contribution in [3.63, 3.8) is 0 Å². The maximum Gasteiger partial charge on any atom is 0.244 e. The van der Waals surface area contributed by atoms with Crippen molar-refractivity contribution in [2.24, 2.45) is 5.92 Å². The van der Waals surface area contributed by atoms with Gasteiger partial charge in [0.05, 0.1) is 15.7 Å². The Bertz CT molecular complexity index is 1310. The number of aryl methyl sites for hydroxylation is 2. The Morgan fingerprint density at radius 2 is 1.97 bits per heavy atom. The zero-order valence-corrected chi connectivity index (χ0v) is 20.9. The zero-order chi connectivity index (χ0) is 23.9. The van der Waals surface area contributed by atoms with Crippen molar-refractivity contribution in [1.82, 2.24) is 14.4 Å². The molecular weight excluding hydrogens is 472 g/mol. The van der Waals surface area contributed by atoms with Gasteiger partial charge in [0.15, 0.2) is 0 Å². The lowest BCUT2D eigenvalue weighted by Crippen LogP contribution is -2.43. The van der Waals surface area contributed by atoms with E-state index in [1.807, 2.05) is 31.2 Å². The maximum atomic E-state index is 13.5. The van der Waals surface area contributed by atoms with E-state index in [9.17, 15) is 13.2 Å². The summed E-state index contributed by atoms with van der Waals surface area (Å²) in [4.78, 5) is 19.0. The largest absolute Gasteiger partial charge is 0.339 e. The molecule has 1 saturated heterocycles. The Labute approximate surface area is 203 Å². The molecule has 0 bridgehead atoms. The molecule has 1 aliphatic heterocycles. The molecule has 10 heteroatoms. The molecule has 2 aromatic heterocycles. The van der Waals surface area contributed by atoms with E-state index in [1.54, 1.807) is 13.0 Å². The number of benzene rings is 1. The molecule has 8 nitrogen and oxygen atoms in total. The van der Waals surface area contributed by atoms with Gasteiger partial charge >= 0.3 is 0 Å². The maximum absolute atomic E-state index is 13.5.